The Morgan fingerprint density at radius 1 is 1.17 bits per heavy atom. The summed E-state index contributed by atoms with van der Waals surface area (Å²) >= 11 is 0. The van der Waals surface area contributed by atoms with Gasteiger partial charge in [-0.15, -0.1) is 0 Å². The predicted octanol–water partition coefficient (Wildman–Crippen LogP) is 3.03. The second-order valence-electron chi connectivity index (χ2n) is 5.34. The van der Waals surface area contributed by atoms with E-state index < -0.39 is 4.92 Å². The quantitative estimate of drug-likeness (QED) is 0.461. The minimum absolute atomic E-state index is 0.0473. The van der Waals surface area contributed by atoms with Gasteiger partial charge in [-0.1, -0.05) is 0 Å². The van der Waals surface area contributed by atoms with Crippen molar-refractivity contribution < 1.29 is 4.92 Å². The van der Waals surface area contributed by atoms with Crippen LogP contribution in [0.15, 0.2) is 49.1 Å². The molecule has 0 unspecified atom stereocenters. The number of nitro groups is 1. The lowest BCUT2D eigenvalue weighted by Crippen LogP contribution is -1.95. The van der Waals surface area contributed by atoms with Crippen LogP contribution in [0.25, 0.3) is 28.2 Å². The van der Waals surface area contributed by atoms with Crippen LogP contribution in [0.3, 0.4) is 0 Å². The Kier molecular flexibility index (Phi) is 3.09. The monoisotopic (exact) mass is 320 g/mol. The Balaban J connectivity index is 1.82. The van der Waals surface area contributed by atoms with Gasteiger partial charge in [-0.3, -0.25) is 14.7 Å². The first-order chi connectivity index (χ1) is 11.6. The van der Waals surface area contributed by atoms with Crippen LogP contribution in [0.4, 0.5) is 5.69 Å². The molecule has 8 heteroatoms. The molecule has 0 bridgehead atoms. The number of benzene rings is 1. The van der Waals surface area contributed by atoms with Crippen molar-refractivity contribution in [2.24, 2.45) is 0 Å². The van der Waals surface area contributed by atoms with E-state index in [1.54, 1.807) is 24.7 Å². The molecule has 0 aliphatic rings. The number of non-ortho nitro benzene ring substituents is 1. The third kappa shape index (κ3) is 2.30. The molecule has 1 aromatic carbocycles. The number of hydrogen-bond donors (Lipinski definition) is 1. The van der Waals surface area contributed by atoms with Crippen molar-refractivity contribution in [2.75, 3.05) is 0 Å². The van der Waals surface area contributed by atoms with E-state index in [9.17, 15) is 10.1 Å². The fourth-order valence-electron chi connectivity index (χ4n) is 2.53. The summed E-state index contributed by atoms with van der Waals surface area (Å²) in [5.41, 5.74) is 3.25. The van der Waals surface area contributed by atoms with Crippen molar-refractivity contribution in [3.05, 3.63) is 64.9 Å². The van der Waals surface area contributed by atoms with Crippen LogP contribution < -0.4 is 0 Å². The Labute approximate surface area is 136 Å². The molecule has 3 aromatic heterocycles. The minimum Gasteiger partial charge on any atom is -0.338 e. The molecule has 0 aliphatic heterocycles. The second-order valence-corrected chi connectivity index (χ2v) is 5.34. The molecule has 4 aromatic rings. The van der Waals surface area contributed by atoms with Gasteiger partial charge in [0.25, 0.3) is 5.69 Å². The lowest BCUT2D eigenvalue weighted by molar-refractivity contribution is -0.384. The maximum atomic E-state index is 10.8. The average Bonchev–Trinajstić information content (AvgIpc) is 3.20. The minimum atomic E-state index is -0.425. The Bertz CT molecular complexity index is 1050. The van der Waals surface area contributed by atoms with Crippen LogP contribution in [0.2, 0.25) is 0 Å². The van der Waals surface area contributed by atoms with Gasteiger partial charge in [-0.05, 0) is 25.1 Å². The van der Waals surface area contributed by atoms with E-state index >= 15 is 0 Å². The molecule has 0 atom stereocenters. The number of aryl methyl sites for hydroxylation is 1. The highest BCUT2D eigenvalue weighted by Crippen LogP contribution is 2.25. The lowest BCUT2D eigenvalue weighted by atomic mass is 10.2. The molecule has 0 aliphatic carbocycles. The first-order valence-electron chi connectivity index (χ1n) is 7.22. The van der Waals surface area contributed by atoms with Crippen molar-refractivity contribution in [1.82, 2.24) is 24.5 Å². The van der Waals surface area contributed by atoms with Crippen molar-refractivity contribution in [3.63, 3.8) is 0 Å². The van der Waals surface area contributed by atoms with Gasteiger partial charge in [-0.2, -0.15) is 0 Å². The van der Waals surface area contributed by atoms with Gasteiger partial charge in [0.1, 0.15) is 17.7 Å². The third-order valence-electron chi connectivity index (χ3n) is 3.69. The van der Waals surface area contributed by atoms with E-state index in [1.165, 1.54) is 12.1 Å². The zero-order chi connectivity index (χ0) is 16.7. The number of nitrogens with zero attached hydrogens (tertiary/aromatic N) is 5. The van der Waals surface area contributed by atoms with Crippen molar-refractivity contribution in [3.8, 4) is 17.2 Å². The van der Waals surface area contributed by atoms with E-state index in [-0.39, 0.29) is 5.69 Å². The van der Waals surface area contributed by atoms with Crippen molar-refractivity contribution >= 4 is 16.7 Å². The Hall–Kier alpha value is -3.55. The molecule has 8 nitrogen and oxygen atoms in total. The highest BCUT2D eigenvalue weighted by Gasteiger charge is 2.13. The van der Waals surface area contributed by atoms with E-state index in [1.807, 2.05) is 23.8 Å². The van der Waals surface area contributed by atoms with Crippen molar-refractivity contribution in [2.45, 2.75) is 6.92 Å². The Morgan fingerprint density at radius 2 is 1.96 bits per heavy atom. The largest absolute Gasteiger partial charge is 0.338 e. The number of H-pyrrole nitrogens is 1. The van der Waals surface area contributed by atoms with Crippen LogP contribution in [0.1, 0.15) is 5.69 Å². The normalized spacial score (nSPS) is 11.0. The molecule has 118 valence electrons. The molecular formula is C16H12N6O2. The molecule has 1 N–H and O–H groups in total. The topological polar surface area (TPSA) is 103 Å². The van der Waals surface area contributed by atoms with Crippen molar-refractivity contribution in [1.29, 1.82) is 0 Å². The smallest absolute Gasteiger partial charge is 0.269 e. The number of nitro benzene ring substituents is 1. The predicted molar refractivity (Wildman–Crippen MR) is 87.8 cm³/mol. The van der Waals surface area contributed by atoms with Crippen LogP contribution in [0.5, 0.6) is 0 Å². The zero-order valence-electron chi connectivity index (χ0n) is 12.7. The van der Waals surface area contributed by atoms with Crippen LogP contribution >= 0.6 is 0 Å². The molecule has 3 heterocycles. The number of rotatable bonds is 3. The average molecular weight is 320 g/mol. The third-order valence-corrected chi connectivity index (χ3v) is 3.69. The van der Waals surface area contributed by atoms with Crippen LogP contribution in [-0.2, 0) is 0 Å². The standard InChI is InChI=1S/C16H12N6O2/c1-10-8-21(9-18-10)16-14-13(6-7-17-16)19-15(20-14)11-2-4-12(5-3-11)22(23)24/h2-9H,1H3,(H,19,20). The summed E-state index contributed by atoms with van der Waals surface area (Å²) in [6.45, 7) is 1.91. The van der Waals surface area contributed by atoms with Gasteiger partial charge < -0.3 is 4.98 Å². The maximum Gasteiger partial charge on any atom is 0.269 e. The molecular weight excluding hydrogens is 308 g/mol. The van der Waals surface area contributed by atoms with Gasteiger partial charge in [0, 0.05) is 30.1 Å². The van der Waals surface area contributed by atoms with Crippen LogP contribution in [0, 0.1) is 17.0 Å². The number of fused-ring (bicyclic) bond motifs is 1. The van der Waals surface area contributed by atoms with E-state index in [2.05, 4.69) is 19.9 Å². The fourth-order valence-corrected chi connectivity index (χ4v) is 2.53. The van der Waals surface area contributed by atoms with Gasteiger partial charge >= 0.3 is 0 Å². The molecule has 0 saturated heterocycles. The lowest BCUT2D eigenvalue weighted by Gasteiger charge is -2.00. The van der Waals surface area contributed by atoms with Gasteiger partial charge in [0.05, 0.1) is 16.1 Å². The number of hydrogen-bond acceptors (Lipinski definition) is 5. The van der Waals surface area contributed by atoms with Gasteiger partial charge in [-0.25, -0.2) is 15.0 Å². The molecule has 0 spiro atoms. The number of imidazole rings is 2. The fraction of sp³-hybridized carbons (Fsp3) is 0.0625. The van der Waals surface area contributed by atoms with Gasteiger partial charge in [0.2, 0.25) is 0 Å². The Morgan fingerprint density at radius 3 is 2.62 bits per heavy atom. The van der Waals surface area contributed by atoms with E-state index in [0.717, 1.165) is 16.8 Å². The number of aromatic amines is 1. The molecule has 4 rings (SSSR count). The first-order valence-corrected chi connectivity index (χ1v) is 7.22. The highest BCUT2D eigenvalue weighted by molar-refractivity contribution is 5.85. The summed E-state index contributed by atoms with van der Waals surface area (Å²) in [7, 11) is 0. The second kappa shape index (κ2) is 5.27. The summed E-state index contributed by atoms with van der Waals surface area (Å²) in [4.78, 5) is 26.8. The molecule has 0 radical (unpaired) electrons. The highest BCUT2D eigenvalue weighted by atomic mass is 16.6. The molecule has 0 saturated carbocycles. The summed E-state index contributed by atoms with van der Waals surface area (Å²) in [5.74, 6) is 1.31. The summed E-state index contributed by atoms with van der Waals surface area (Å²) in [6.07, 6.45) is 5.27. The van der Waals surface area contributed by atoms with E-state index in [4.69, 9.17) is 0 Å². The molecule has 0 amide bonds. The maximum absolute atomic E-state index is 10.8. The zero-order valence-corrected chi connectivity index (χ0v) is 12.7. The first kappa shape index (κ1) is 14.1. The molecule has 24 heavy (non-hydrogen) atoms. The van der Waals surface area contributed by atoms with E-state index in [0.29, 0.717) is 17.2 Å². The molecule has 0 fully saturated rings. The van der Waals surface area contributed by atoms with Crippen LogP contribution in [-0.4, -0.2) is 29.4 Å². The number of aromatic nitrogens is 5. The summed E-state index contributed by atoms with van der Waals surface area (Å²) < 4.78 is 1.82. The SMILES string of the molecule is Cc1cn(-c2nccc3[nH]c(-c4ccc([N+](=O)[O-])cc4)nc23)cn1. The number of nitrogens with one attached hydrogen (secondary N) is 1. The summed E-state index contributed by atoms with van der Waals surface area (Å²) in [5, 5.41) is 10.8. The van der Waals surface area contributed by atoms with Gasteiger partial charge in [0.15, 0.2) is 5.82 Å². The number of pyridine rings is 1. The summed E-state index contributed by atoms with van der Waals surface area (Å²) in [6, 6.07) is 8.10.